The number of fused-ring (bicyclic) bond motifs is 3. The number of nitrogens with zero attached hydrogens (tertiary/aromatic N) is 13. The zero-order chi connectivity index (χ0) is 57.6. The van der Waals surface area contributed by atoms with E-state index in [1.807, 2.05) is 71.9 Å². The molecule has 10 rings (SSSR count). The fraction of sp³-hybridized carbons (Fsp3) is 0.610. The van der Waals surface area contributed by atoms with Gasteiger partial charge in [0.25, 0.3) is 0 Å². The van der Waals surface area contributed by atoms with E-state index in [0.29, 0.717) is 102 Å². The fourth-order valence-electron chi connectivity index (χ4n) is 11.6. The van der Waals surface area contributed by atoms with E-state index in [1.54, 1.807) is 4.90 Å². The quantitative estimate of drug-likeness (QED) is 0.112. The van der Waals surface area contributed by atoms with Crippen molar-refractivity contribution in [3.63, 3.8) is 0 Å². The summed E-state index contributed by atoms with van der Waals surface area (Å²) < 4.78 is 23.8. The number of likely N-dealkylation sites (tertiary alicyclic amines) is 2. The van der Waals surface area contributed by atoms with E-state index in [4.69, 9.17) is 38.9 Å². The number of carbonyl (C=O) groups excluding carboxylic acids is 2. The Hall–Kier alpha value is -7.27. The van der Waals surface area contributed by atoms with Crippen molar-refractivity contribution in [2.75, 3.05) is 107 Å². The highest BCUT2D eigenvalue weighted by molar-refractivity contribution is 5.96. The first-order valence-corrected chi connectivity index (χ1v) is 28.7. The van der Waals surface area contributed by atoms with Gasteiger partial charge in [-0.3, -0.25) is 4.79 Å². The van der Waals surface area contributed by atoms with Crippen LogP contribution in [0.25, 0.3) is 10.8 Å². The summed E-state index contributed by atoms with van der Waals surface area (Å²) in [4.78, 5) is 71.2. The molecule has 0 unspecified atom stereocenters. The molecule has 4 saturated heterocycles. The summed E-state index contributed by atoms with van der Waals surface area (Å²) in [5.74, 6) is 1.81. The summed E-state index contributed by atoms with van der Waals surface area (Å²) in [5.41, 5.74) is 3.67. The van der Waals surface area contributed by atoms with Crippen LogP contribution < -0.4 is 34.2 Å². The number of hydrogen-bond donors (Lipinski definition) is 2. The summed E-state index contributed by atoms with van der Waals surface area (Å²) in [6.45, 7) is 19.7. The summed E-state index contributed by atoms with van der Waals surface area (Å²) in [5, 5.41) is 34.1. The van der Waals surface area contributed by atoms with Crippen LogP contribution in [0.3, 0.4) is 0 Å². The molecule has 0 radical (unpaired) electrons. The smallest absolute Gasteiger partial charge is 0.410 e. The van der Waals surface area contributed by atoms with Gasteiger partial charge in [0.1, 0.15) is 36.2 Å². The number of rotatable bonds is 12. The first kappa shape index (κ1) is 58.4. The third kappa shape index (κ3) is 14.1. The predicted octanol–water partition coefficient (Wildman–Crippen LogP) is 6.63. The van der Waals surface area contributed by atoms with Gasteiger partial charge in [0.05, 0.1) is 60.4 Å². The van der Waals surface area contributed by atoms with Crippen molar-refractivity contribution in [1.29, 1.82) is 10.5 Å². The number of likely N-dealkylation sites (N-methyl/N-ethyl adjacent to an activating group) is 2. The number of piperazine rings is 2. The normalized spacial score (nSPS) is 21.5. The number of aromatic nitrogens is 4. The van der Waals surface area contributed by atoms with Gasteiger partial charge >= 0.3 is 30.2 Å². The number of amides is 2. The molecule has 22 nitrogen and oxygen atoms in total. The third-order valence-corrected chi connectivity index (χ3v) is 16.1. The Kier molecular flexibility index (Phi) is 18.2. The summed E-state index contributed by atoms with van der Waals surface area (Å²) >= 11 is 0. The van der Waals surface area contributed by atoms with Crippen LogP contribution in [-0.4, -0.2) is 185 Å². The molecule has 6 aliphatic heterocycles. The van der Waals surface area contributed by atoms with Crippen LogP contribution in [0.5, 0.6) is 17.8 Å². The Morgan fingerprint density at radius 1 is 0.704 bits per heavy atom. The van der Waals surface area contributed by atoms with Gasteiger partial charge in [0, 0.05) is 92.7 Å². The molecule has 434 valence electrons. The summed E-state index contributed by atoms with van der Waals surface area (Å²) in [6.07, 6.45) is 4.94. The predicted molar refractivity (Wildman–Crippen MR) is 306 cm³/mol. The Labute approximate surface area is 475 Å². The molecule has 6 aliphatic rings. The second-order valence-electron chi connectivity index (χ2n) is 24.2. The lowest BCUT2D eigenvalue weighted by molar-refractivity contribution is -0.143. The molecular weight excluding hydrogens is 1030 g/mol. The van der Waals surface area contributed by atoms with E-state index in [2.05, 4.69) is 62.1 Å². The second kappa shape index (κ2) is 25.3. The number of nitrogens with one attached hydrogen (secondary N) is 1. The van der Waals surface area contributed by atoms with Crippen molar-refractivity contribution in [3.8, 4) is 29.9 Å². The average Bonchev–Trinajstić information content (AvgIpc) is 4.17. The Bertz CT molecular complexity index is 3010. The molecule has 2 N–H and O–H groups in total. The van der Waals surface area contributed by atoms with E-state index < -0.39 is 23.2 Å². The maximum Gasteiger partial charge on any atom is 0.410 e. The molecule has 2 aromatic carbocycles. The van der Waals surface area contributed by atoms with Crippen LogP contribution in [-0.2, 0) is 35.5 Å². The molecule has 22 heteroatoms. The van der Waals surface area contributed by atoms with Crippen molar-refractivity contribution in [3.05, 3.63) is 58.9 Å². The van der Waals surface area contributed by atoms with Gasteiger partial charge in [-0.25, -0.2) is 9.59 Å². The van der Waals surface area contributed by atoms with Gasteiger partial charge in [0.2, 0.25) is 0 Å². The molecule has 4 fully saturated rings. The number of benzene rings is 2. The van der Waals surface area contributed by atoms with Gasteiger partial charge in [-0.1, -0.05) is 24.3 Å². The first-order chi connectivity index (χ1) is 38.8. The standard InChI is InChI=1S/C35H43N7O5.C24H37N7O3/c1-35(2,3)32(43)47-26-18-23-8-5-6-10-27(23)30(19-26)40-15-12-28-29(21-40)37-33(46-22-25-9-7-14-39(25)4)38-31(28)41-16-17-42(34(44)45)24(20-41)11-13-36;1-24(2,3)34-23(32)31-13-12-30(15-17(31)7-9-25)21-19-8-10-26-14-20(19)27-22(28-21)33-16-18-6-5-11-29(18)4/h5-6,8,10,18-19,24-25H,7,9,11-12,14-17,20-22H2,1-4H3,(H,44,45);17-18,26H,5-8,10-16H2,1-4H3/t24-,25-;17-,18-/m00/s1. The SMILES string of the molecule is CN1CCC[C@H]1COc1nc2c(c(N3CCN(C(=O)O)[C@@H](CC#N)C3)n1)CCN(c1cc(OC(=O)C(C)(C)C)cc3ccccc13)C2.CN1CCC[C@H]1COc1nc2c(c(N3CCN(C(=O)OC(C)(C)C)[C@@H](CC#N)C3)n1)CCNC2. The van der Waals surface area contributed by atoms with Crippen molar-refractivity contribution >= 4 is 46.3 Å². The highest BCUT2D eigenvalue weighted by atomic mass is 16.6. The maximum atomic E-state index is 12.8. The Morgan fingerprint density at radius 3 is 1.85 bits per heavy atom. The molecular formula is C59H80N14O8. The highest BCUT2D eigenvalue weighted by Crippen LogP contribution is 2.38. The van der Waals surface area contributed by atoms with Gasteiger partial charge in [0.15, 0.2) is 0 Å². The van der Waals surface area contributed by atoms with E-state index in [1.165, 1.54) is 11.3 Å². The average molecular weight is 1110 g/mol. The number of anilines is 3. The minimum atomic E-state index is -1.02. The van der Waals surface area contributed by atoms with Gasteiger partial charge < -0.3 is 63.7 Å². The molecule has 0 spiro atoms. The van der Waals surface area contributed by atoms with E-state index >= 15 is 0 Å². The minimum Gasteiger partial charge on any atom is -0.465 e. The molecule has 0 saturated carbocycles. The number of carboxylic acid groups (broad SMARTS) is 1. The zero-order valence-electron chi connectivity index (χ0n) is 48.4. The second-order valence-corrected chi connectivity index (χ2v) is 24.2. The monoisotopic (exact) mass is 1110 g/mol. The summed E-state index contributed by atoms with van der Waals surface area (Å²) in [6, 6.07) is 17.0. The van der Waals surface area contributed by atoms with Crippen LogP contribution in [0.4, 0.5) is 26.9 Å². The van der Waals surface area contributed by atoms with Gasteiger partial charge in [-0.05, 0) is 125 Å². The van der Waals surface area contributed by atoms with Crippen LogP contribution in [0.2, 0.25) is 0 Å². The maximum absolute atomic E-state index is 12.8. The van der Waals surface area contributed by atoms with Crippen LogP contribution in [0.1, 0.15) is 103 Å². The fourth-order valence-corrected chi connectivity index (χ4v) is 11.6. The van der Waals surface area contributed by atoms with Crippen LogP contribution in [0, 0.1) is 28.1 Å². The molecule has 0 bridgehead atoms. The Balaban J connectivity index is 0.000000206. The number of nitriles is 2. The Morgan fingerprint density at radius 2 is 1.28 bits per heavy atom. The lowest BCUT2D eigenvalue weighted by Gasteiger charge is -2.42. The van der Waals surface area contributed by atoms with Gasteiger partial charge in [-0.2, -0.15) is 30.5 Å². The molecule has 2 amide bonds. The molecule has 2 aromatic heterocycles. The molecule has 81 heavy (non-hydrogen) atoms. The van der Waals surface area contributed by atoms with Crippen molar-refractivity contribution in [1.82, 2.24) is 44.9 Å². The summed E-state index contributed by atoms with van der Waals surface area (Å²) in [7, 11) is 4.23. The number of hydrogen-bond acceptors (Lipinski definition) is 19. The number of carbonyl (C=O) groups is 3. The highest BCUT2D eigenvalue weighted by Gasteiger charge is 2.38. The molecule has 4 atom stereocenters. The molecule has 4 aromatic rings. The largest absolute Gasteiger partial charge is 0.465 e. The van der Waals surface area contributed by atoms with Crippen molar-refractivity contribution in [2.45, 2.75) is 136 Å². The van der Waals surface area contributed by atoms with Crippen LogP contribution in [0.15, 0.2) is 36.4 Å². The first-order valence-electron chi connectivity index (χ1n) is 28.7. The lowest BCUT2D eigenvalue weighted by Crippen LogP contribution is -2.56. The zero-order valence-corrected chi connectivity index (χ0v) is 48.4. The topological polar surface area (TPSA) is 242 Å². The van der Waals surface area contributed by atoms with E-state index in [9.17, 15) is 30.0 Å². The molecule has 8 heterocycles. The third-order valence-electron chi connectivity index (χ3n) is 16.1. The number of ether oxygens (including phenoxy) is 4. The van der Waals surface area contributed by atoms with E-state index in [0.717, 1.165) is 95.9 Å². The van der Waals surface area contributed by atoms with Crippen molar-refractivity contribution in [2.24, 2.45) is 5.41 Å². The number of esters is 1. The lowest BCUT2D eigenvalue weighted by atomic mass is 9.97. The van der Waals surface area contributed by atoms with Gasteiger partial charge in [-0.15, -0.1) is 0 Å². The van der Waals surface area contributed by atoms with Crippen molar-refractivity contribution < 1.29 is 38.4 Å². The van der Waals surface area contributed by atoms with Crippen LogP contribution >= 0.6 is 0 Å². The van der Waals surface area contributed by atoms with E-state index in [-0.39, 0.29) is 37.5 Å². The molecule has 0 aliphatic carbocycles. The minimum absolute atomic E-state index is 0.102.